The number of benzene rings is 2. The number of imidazole rings is 1. The van der Waals surface area contributed by atoms with E-state index in [-0.39, 0.29) is 30.1 Å². The molecule has 4 amide bonds. The van der Waals surface area contributed by atoms with Crippen LogP contribution < -0.4 is 11.0 Å². The predicted molar refractivity (Wildman–Crippen MR) is 131 cm³/mol. The number of imide groups is 1. The van der Waals surface area contributed by atoms with E-state index in [1.807, 2.05) is 54.6 Å². The number of urea groups is 1. The lowest BCUT2D eigenvalue weighted by Gasteiger charge is -2.33. The first-order chi connectivity index (χ1) is 16.9. The SMILES string of the molecule is C[C@]1(CCc2ccccc2)NC(=O)N(CC(=O)N2CCC(n3c(=O)[nH]c4ccccc43)CC2)C1=O. The number of para-hydroxylation sites is 2. The molecule has 1 aromatic heterocycles. The first-order valence-corrected chi connectivity index (χ1v) is 12.0. The summed E-state index contributed by atoms with van der Waals surface area (Å²) in [5.74, 6) is -0.627. The van der Waals surface area contributed by atoms with Gasteiger partial charge in [-0.25, -0.2) is 9.59 Å². The average molecular weight is 476 g/mol. The highest BCUT2D eigenvalue weighted by Crippen LogP contribution is 2.26. The molecular weight excluding hydrogens is 446 g/mol. The maximum atomic E-state index is 13.1. The summed E-state index contributed by atoms with van der Waals surface area (Å²) in [6.07, 6.45) is 2.35. The molecule has 9 nitrogen and oxygen atoms in total. The number of likely N-dealkylation sites (tertiary alicyclic amines) is 1. The van der Waals surface area contributed by atoms with Crippen LogP contribution in [0.4, 0.5) is 4.79 Å². The van der Waals surface area contributed by atoms with Crippen LogP contribution in [-0.2, 0) is 16.0 Å². The quantitative estimate of drug-likeness (QED) is 0.534. The van der Waals surface area contributed by atoms with Gasteiger partial charge in [0.25, 0.3) is 5.91 Å². The number of hydrogen-bond acceptors (Lipinski definition) is 4. The zero-order valence-electron chi connectivity index (χ0n) is 19.7. The van der Waals surface area contributed by atoms with E-state index in [2.05, 4.69) is 10.3 Å². The smallest absolute Gasteiger partial charge is 0.326 e. The van der Waals surface area contributed by atoms with Crippen LogP contribution in [0.2, 0.25) is 0 Å². The number of nitrogens with zero attached hydrogens (tertiary/aromatic N) is 3. The summed E-state index contributed by atoms with van der Waals surface area (Å²) in [4.78, 5) is 56.7. The van der Waals surface area contributed by atoms with Crippen LogP contribution in [0.15, 0.2) is 59.4 Å². The van der Waals surface area contributed by atoms with Crippen molar-refractivity contribution in [2.75, 3.05) is 19.6 Å². The Hall–Kier alpha value is -3.88. The van der Waals surface area contributed by atoms with Crippen LogP contribution in [0, 0.1) is 0 Å². The molecule has 35 heavy (non-hydrogen) atoms. The summed E-state index contributed by atoms with van der Waals surface area (Å²) < 4.78 is 1.77. The molecule has 5 rings (SSSR count). The fraction of sp³-hybridized carbons (Fsp3) is 0.385. The van der Waals surface area contributed by atoms with Gasteiger partial charge in [-0.2, -0.15) is 0 Å². The van der Waals surface area contributed by atoms with Gasteiger partial charge < -0.3 is 15.2 Å². The van der Waals surface area contributed by atoms with Crippen LogP contribution in [0.3, 0.4) is 0 Å². The fourth-order valence-electron chi connectivity index (χ4n) is 5.14. The van der Waals surface area contributed by atoms with Gasteiger partial charge in [-0.05, 0) is 50.3 Å². The third kappa shape index (κ3) is 4.34. The minimum atomic E-state index is -1.03. The second kappa shape index (κ2) is 9.05. The van der Waals surface area contributed by atoms with E-state index in [4.69, 9.17) is 0 Å². The molecule has 182 valence electrons. The number of aromatic nitrogens is 2. The second-order valence-corrected chi connectivity index (χ2v) is 9.57. The molecule has 9 heteroatoms. The highest BCUT2D eigenvalue weighted by molar-refractivity contribution is 6.08. The van der Waals surface area contributed by atoms with Crippen LogP contribution >= 0.6 is 0 Å². The van der Waals surface area contributed by atoms with Crippen LogP contribution in [-0.4, -0.2) is 62.4 Å². The molecule has 3 heterocycles. The topological polar surface area (TPSA) is 108 Å². The summed E-state index contributed by atoms with van der Waals surface area (Å²) in [6, 6.07) is 16.8. The van der Waals surface area contributed by atoms with E-state index in [1.54, 1.807) is 16.4 Å². The Labute approximate surface area is 202 Å². The van der Waals surface area contributed by atoms with E-state index in [0.717, 1.165) is 21.5 Å². The first-order valence-electron chi connectivity index (χ1n) is 12.0. The minimum absolute atomic E-state index is 0.0132. The number of nitrogens with one attached hydrogen (secondary N) is 2. The van der Waals surface area contributed by atoms with Crippen molar-refractivity contribution in [1.29, 1.82) is 0 Å². The summed E-state index contributed by atoms with van der Waals surface area (Å²) in [5, 5.41) is 2.78. The number of fused-ring (bicyclic) bond motifs is 1. The number of H-pyrrole nitrogens is 1. The van der Waals surface area contributed by atoms with E-state index in [1.165, 1.54) is 0 Å². The molecule has 2 aliphatic rings. The largest absolute Gasteiger partial charge is 0.341 e. The van der Waals surface area contributed by atoms with Crippen LogP contribution in [0.25, 0.3) is 11.0 Å². The molecule has 2 aromatic carbocycles. The monoisotopic (exact) mass is 475 g/mol. The number of hydrogen-bond donors (Lipinski definition) is 2. The number of aromatic amines is 1. The van der Waals surface area contributed by atoms with Gasteiger partial charge in [0.15, 0.2) is 0 Å². The summed E-state index contributed by atoms with van der Waals surface area (Å²) >= 11 is 0. The van der Waals surface area contributed by atoms with Crippen molar-refractivity contribution < 1.29 is 14.4 Å². The number of rotatable bonds is 6. The van der Waals surface area contributed by atoms with Gasteiger partial charge in [0, 0.05) is 19.1 Å². The van der Waals surface area contributed by atoms with Crippen molar-refractivity contribution >= 4 is 28.9 Å². The molecule has 2 saturated heterocycles. The lowest BCUT2D eigenvalue weighted by Crippen LogP contribution is -2.48. The van der Waals surface area contributed by atoms with Gasteiger partial charge in [-0.1, -0.05) is 42.5 Å². The zero-order valence-corrected chi connectivity index (χ0v) is 19.7. The van der Waals surface area contributed by atoms with Gasteiger partial charge >= 0.3 is 11.7 Å². The van der Waals surface area contributed by atoms with Crippen molar-refractivity contribution in [3.8, 4) is 0 Å². The van der Waals surface area contributed by atoms with Gasteiger partial charge in [-0.15, -0.1) is 0 Å². The molecule has 0 aliphatic carbocycles. The molecular formula is C26H29N5O4. The Morgan fingerprint density at radius 3 is 2.43 bits per heavy atom. The average Bonchev–Trinajstić information content (AvgIpc) is 3.31. The van der Waals surface area contributed by atoms with Crippen molar-refractivity contribution in [1.82, 2.24) is 24.7 Å². The number of piperidine rings is 1. The Morgan fingerprint density at radius 1 is 1.00 bits per heavy atom. The van der Waals surface area contributed by atoms with Crippen molar-refractivity contribution in [2.45, 2.75) is 44.2 Å². The fourth-order valence-corrected chi connectivity index (χ4v) is 5.14. The Balaban J connectivity index is 1.19. The molecule has 0 spiro atoms. The first kappa shape index (κ1) is 22.9. The third-order valence-electron chi connectivity index (χ3n) is 7.20. The molecule has 3 aromatic rings. The molecule has 1 atom stereocenters. The Bertz CT molecular complexity index is 1320. The van der Waals surface area contributed by atoms with Crippen molar-refractivity contribution in [3.63, 3.8) is 0 Å². The number of aryl methyl sites for hydroxylation is 1. The van der Waals surface area contributed by atoms with Gasteiger partial charge in [-0.3, -0.25) is 19.1 Å². The molecule has 0 radical (unpaired) electrons. The van der Waals surface area contributed by atoms with E-state index >= 15 is 0 Å². The molecule has 2 fully saturated rings. The standard InChI is InChI=1S/C26H29N5O4/c1-26(14-11-18-7-3-2-4-8-18)23(33)30(25(35)28-26)17-22(32)29-15-12-19(13-16-29)31-21-10-6-5-9-20(21)27-24(31)34/h2-10,19H,11-17H2,1H3,(H,27,34)(H,28,35)/t26-/m1/s1. The van der Waals surface area contributed by atoms with Crippen LogP contribution in [0.5, 0.6) is 0 Å². The van der Waals surface area contributed by atoms with E-state index in [9.17, 15) is 19.2 Å². The van der Waals surface area contributed by atoms with E-state index in [0.29, 0.717) is 38.8 Å². The number of amides is 4. The second-order valence-electron chi connectivity index (χ2n) is 9.57. The lowest BCUT2D eigenvalue weighted by atomic mass is 9.93. The van der Waals surface area contributed by atoms with Crippen molar-refractivity contribution in [3.05, 3.63) is 70.6 Å². The summed E-state index contributed by atoms with van der Waals surface area (Å²) in [7, 11) is 0. The highest BCUT2D eigenvalue weighted by Gasteiger charge is 2.48. The number of carbonyl (C=O) groups excluding carboxylic acids is 3. The molecule has 2 N–H and O–H groups in total. The van der Waals surface area contributed by atoms with Gasteiger partial charge in [0.1, 0.15) is 12.1 Å². The normalized spacial score (nSPS) is 21.1. The molecule has 2 aliphatic heterocycles. The van der Waals surface area contributed by atoms with Gasteiger partial charge in [0.05, 0.1) is 11.0 Å². The molecule has 0 unspecified atom stereocenters. The summed E-state index contributed by atoms with van der Waals surface area (Å²) in [5.41, 5.74) is 1.56. The Kier molecular flexibility index (Phi) is 5.92. The highest BCUT2D eigenvalue weighted by atomic mass is 16.2. The number of carbonyl (C=O) groups is 3. The van der Waals surface area contributed by atoms with Gasteiger partial charge in [0.2, 0.25) is 5.91 Å². The predicted octanol–water partition coefficient (Wildman–Crippen LogP) is 2.44. The third-order valence-corrected chi connectivity index (χ3v) is 7.20. The van der Waals surface area contributed by atoms with E-state index < -0.39 is 11.6 Å². The summed E-state index contributed by atoms with van der Waals surface area (Å²) in [6.45, 7) is 2.36. The lowest BCUT2D eigenvalue weighted by molar-refractivity contribution is -0.139. The maximum absolute atomic E-state index is 13.1. The zero-order chi connectivity index (χ0) is 24.6. The Morgan fingerprint density at radius 2 is 1.69 bits per heavy atom. The van der Waals surface area contributed by atoms with Crippen LogP contribution in [0.1, 0.15) is 37.8 Å². The molecule has 0 saturated carbocycles. The maximum Gasteiger partial charge on any atom is 0.326 e. The van der Waals surface area contributed by atoms with Crippen molar-refractivity contribution in [2.24, 2.45) is 0 Å². The minimum Gasteiger partial charge on any atom is -0.341 e. The molecule has 0 bridgehead atoms.